The summed E-state index contributed by atoms with van der Waals surface area (Å²) in [6, 6.07) is 21.1. The molecule has 0 spiro atoms. The lowest BCUT2D eigenvalue weighted by Crippen LogP contribution is -2.27. The Kier molecular flexibility index (Phi) is 6.32. The van der Waals surface area contributed by atoms with Gasteiger partial charge in [-0.3, -0.25) is 9.69 Å². The molecule has 1 aliphatic rings. The lowest BCUT2D eigenvalue weighted by atomic mass is 10.1. The number of hydrogen-bond donors (Lipinski definition) is 0. The number of carbonyl (C=O) groups excluding carboxylic acids is 1. The third-order valence-corrected chi connectivity index (χ3v) is 6.15. The maximum Gasteiger partial charge on any atom is 0.270 e. The van der Waals surface area contributed by atoms with Gasteiger partial charge in [0.15, 0.2) is 4.32 Å². The Bertz CT molecular complexity index is 1150. The van der Waals surface area contributed by atoms with Gasteiger partial charge in [-0.25, -0.2) is 4.39 Å². The van der Waals surface area contributed by atoms with Crippen LogP contribution >= 0.6 is 39.9 Å². The molecule has 0 aliphatic carbocycles. The Morgan fingerprint density at radius 1 is 1.07 bits per heavy atom. The quantitative estimate of drug-likeness (QED) is 0.293. The van der Waals surface area contributed by atoms with E-state index >= 15 is 0 Å². The van der Waals surface area contributed by atoms with Crippen LogP contribution in [0, 0.1) is 5.82 Å². The number of halogens is 2. The van der Waals surface area contributed by atoms with Crippen LogP contribution in [0.2, 0.25) is 0 Å². The first-order chi connectivity index (χ1) is 14.5. The van der Waals surface area contributed by atoms with Crippen molar-refractivity contribution in [2.45, 2.75) is 6.61 Å². The van der Waals surface area contributed by atoms with Crippen molar-refractivity contribution in [1.29, 1.82) is 0 Å². The molecule has 1 aliphatic heterocycles. The van der Waals surface area contributed by atoms with Crippen LogP contribution in [0.5, 0.6) is 5.75 Å². The summed E-state index contributed by atoms with van der Waals surface area (Å²) in [7, 11) is 0. The van der Waals surface area contributed by atoms with Crippen molar-refractivity contribution < 1.29 is 13.9 Å². The summed E-state index contributed by atoms with van der Waals surface area (Å²) < 4.78 is 20.7. The van der Waals surface area contributed by atoms with E-state index in [1.54, 1.807) is 18.2 Å². The number of benzene rings is 3. The molecule has 0 saturated carbocycles. The zero-order chi connectivity index (χ0) is 21.1. The molecule has 1 heterocycles. The van der Waals surface area contributed by atoms with E-state index < -0.39 is 0 Å². The molecule has 0 atom stereocenters. The molecule has 1 fully saturated rings. The monoisotopic (exact) mass is 499 g/mol. The second-order valence-electron chi connectivity index (χ2n) is 6.45. The van der Waals surface area contributed by atoms with Crippen LogP contribution in [0.25, 0.3) is 6.08 Å². The van der Waals surface area contributed by atoms with E-state index in [-0.39, 0.29) is 18.3 Å². The van der Waals surface area contributed by atoms with E-state index in [2.05, 4.69) is 15.9 Å². The average molecular weight is 500 g/mol. The first-order valence-electron chi connectivity index (χ1n) is 9.01. The minimum Gasteiger partial charge on any atom is -0.488 e. The van der Waals surface area contributed by atoms with Crippen LogP contribution in [0.4, 0.5) is 10.1 Å². The van der Waals surface area contributed by atoms with Gasteiger partial charge in [0.1, 0.15) is 18.2 Å². The Balaban J connectivity index is 1.61. The fraction of sp³-hybridized carbons (Fsp3) is 0.0435. The fourth-order valence-corrected chi connectivity index (χ4v) is 4.63. The molecule has 3 aromatic rings. The van der Waals surface area contributed by atoms with Crippen molar-refractivity contribution in [3.05, 3.63) is 99.1 Å². The normalized spacial score (nSPS) is 15.1. The van der Waals surface area contributed by atoms with Gasteiger partial charge in [0.25, 0.3) is 5.91 Å². The molecule has 0 unspecified atom stereocenters. The van der Waals surface area contributed by atoms with Crippen molar-refractivity contribution >= 4 is 61.9 Å². The third-order valence-electron chi connectivity index (χ3n) is 4.35. The molecule has 3 aromatic carbocycles. The summed E-state index contributed by atoms with van der Waals surface area (Å²) in [6.07, 6.45) is 1.77. The predicted octanol–water partition coefficient (Wildman–Crippen LogP) is 6.57. The fourth-order valence-electron chi connectivity index (χ4n) is 2.96. The Morgan fingerprint density at radius 2 is 1.87 bits per heavy atom. The van der Waals surface area contributed by atoms with Crippen LogP contribution in [-0.2, 0) is 11.4 Å². The largest absolute Gasteiger partial charge is 0.488 e. The third kappa shape index (κ3) is 4.64. The summed E-state index contributed by atoms with van der Waals surface area (Å²) in [5.74, 6) is 0.108. The number of hydrogen-bond acceptors (Lipinski definition) is 4. The van der Waals surface area contributed by atoms with Gasteiger partial charge in [-0.1, -0.05) is 70.2 Å². The van der Waals surface area contributed by atoms with Gasteiger partial charge in [-0.15, -0.1) is 0 Å². The molecule has 4 rings (SSSR count). The van der Waals surface area contributed by atoms with Gasteiger partial charge in [0.2, 0.25) is 0 Å². The van der Waals surface area contributed by atoms with Crippen LogP contribution in [0.15, 0.2) is 82.2 Å². The van der Waals surface area contributed by atoms with Gasteiger partial charge in [-0.05, 0) is 54.1 Å². The standard InChI is InChI=1S/C23H15BrFNO2S2/c24-17-9-10-20(28-14-15-5-4-6-18(25)11-15)16(12-17)13-21-22(27)26(23(29)30-21)19-7-2-1-3-8-19/h1-13H,14H2/b21-13+. The van der Waals surface area contributed by atoms with E-state index in [0.717, 1.165) is 21.3 Å². The number of nitrogens with zero attached hydrogens (tertiary/aromatic N) is 1. The zero-order valence-electron chi connectivity index (χ0n) is 15.5. The van der Waals surface area contributed by atoms with E-state index in [4.69, 9.17) is 17.0 Å². The highest BCUT2D eigenvalue weighted by molar-refractivity contribution is 9.10. The molecule has 150 valence electrons. The second-order valence-corrected chi connectivity index (χ2v) is 9.04. The summed E-state index contributed by atoms with van der Waals surface area (Å²) in [6.45, 7) is 0.213. The number of ether oxygens (including phenoxy) is 1. The summed E-state index contributed by atoms with van der Waals surface area (Å²) in [5, 5.41) is 0. The van der Waals surface area contributed by atoms with E-state index in [0.29, 0.717) is 15.0 Å². The molecule has 3 nitrogen and oxygen atoms in total. The summed E-state index contributed by atoms with van der Waals surface area (Å²) in [5.41, 5.74) is 2.19. The topological polar surface area (TPSA) is 29.5 Å². The number of carbonyl (C=O) groups is 1. The number of thiocarbonyl (C=S) groups is 1. The van der Waals surface area contributed by atoms with Crippen LogP contribution in [-0.4, -0.2) is 10.2 Å². The zero-order valence-corrected chi connectivity index (χ0v) is 18.8. The van der Waals surface area contributed by atoms with E-state index in [1.165, 1.54) is 28.8 Å². The molecule has 0 N–H and O–H groups in total. The number of thioether (sulfide) groups is 1. The Morgan fingerprint density at radius 3 is 2.63 bits per heavy atom. The predicted molar refractivity (Wildman–Crippen MR) is 127 cm³/mol. The lowest BCUT2D eigenvalue weighted by Gasteiger charge is -2.14. The number of amides is 1. The van der Waals surface area contributed by atoms with Crippen molar-refractivity contribution in [1.82, 2.24) is 0 Å². The Labute approximate surface area is 191 Å². The van der Waals surface area contributed by atoms with Gasteiger partial charge >= 0.3 is 0 Å². The first-order valence-corrected chi connectivity index (χ1v) is 11.0. The highest BCUT2D eigenvalue weighted by atomic mass is 79.9. The number of para-hydroxylation sites is 1. The minimum absolute atomic E-state index is 0.174. The molecule has 0 bridgehead atoms. The van der Waals surface area contributed by atoms with Crippen LogP contribution in [0.3, 0.4) is 0 Å². The molecule has 30 heavy (non-hydrogen) atoms. The maximum atomic E-state index is 13.4. The van der Waals surface area contributed by atoms with Crippen LogP contribution < -0.4 is 9.64 Å². The number of rotatable bonds is 5. The molecule has 1 amide bonds. The second kappa shape index (κ2) is 9.12. The molecule has 1 saturated heterocycles. The molecular formula is C23H15BrFNO2S2. The highest BCUT2D eigenvalue weighted by Gasteiger charge is 2.33. The average Bonchev–Trinajstić information content (AvgIpc) is 3.01. The van der Waals surface area contributed by atoms with E-state index in [9.17, 15) is 9.18 Å². The van der Waals surface area contributed by atoms with Crippen LogP contribution in [0.1, 0.15) is 11.1 Å². The number of anilines is 1. The smallest absolute Gasteiger partial charge is 0.270 e. The lowest BCUT2D eigenvalue weighted by molar-refractivity contribution is -0.113. The Hall–Kier alpha value is -2.48. The van der Waals surface area contributed by atoms with Crippen molar-refractivity contribution in [2.75, 3.05) is 4.90 Å². The SMILES string of the molecule is O=C1/C(=C\c2cc(Br)ccc2OCc2cccc(F)c2)SC(=S)N1c1ccccc1. The van der Waals surface area contributed by atoms with Crippen molar-refractivity contribution in [3.63, 3.8) is 0 Å². The van der Waals surface area contributed by atoms with Gasteiger partial charge in [-0.2, -0.15) is 0 Å². The van der Waals surface area contributed by atoms with Gasteiger partial charge in [0, 0.05) is 10.0 Å². The van der Waals surface area contributed by atoms with E-state index in [1.807, 2.05) is 48.5 Å². The van der Waals surface area contributed by atoms with Crippen molar-refractivity contribution in [3.8, 4) is 5.75 Å². The summed E-state index contributed by atoms with van der Waals surface area (Å²) >= 11 is 10.1. The highest BCUT2D eigenvalue weighted by Crippen LogP contribution is 2.37. The van der Waals surface area contributed by atoms with Crippen molar-refractivity contribution in [2.24, 2.45) is 0 Å². The first kappa shape index (κ1) is 20.8. The summed E-state index contributed by atoms with van der Waals surface area (Å²) in [4.78, 5) is 15.0. The maximum absolute atomic E-state index is 13.4. The molecular weight excluding hydrogens is 485 g/mol. The minimum atomic E-state index is -0.309. The molecule has 7 heteroatoms. The molecule has 0 radical (unpaired) electrons. The molecule has 0 aromatic heterocycles. The van der Waals surface area contributed by atoms with Gasteiger partial charge in [0.05, 0.1) is 10.6 Å². The van der Waals surface area contributed by atoms with Gasteiger partial charge < -0.3 is 4.74 Å².